The van der Waals surface area contributed by atoms with Gasteiger partial charge in [-0.3, -0.25) is 0 Å². The molecule has 0 spiro atoms. The largest absolute Gasteiger partial charge is 0.462 e. The lowest BCUT2D eigenvalue weighted by atomic mass is 10.3. The highest BCUT2D eigenvalue weighted by molar-refractivity contribution is 14.1. The quantitative estimate of drug-likeness (QED) is 0.630. The van der Waals surface area contributed by atoms with Crippen molar-refractivity contribution in [3.63, 3.8) is 0 Å². The minimum atomic E-state index is -0.267. The topological polar surface area (TPSA) is 30.7 Å². The highest BCUT2D eigenvalue weighted by Gasteiger charge is 2.08. The normalized spacial score (nSPS) is 10.5. The van der Waals surface area contributed by atoms with Gasteiger partial charge in [-0.05, 0) is 47.7 Å². The Morgan fingerprint density at radius 3 is 3.00 bits per heavy atom. The van der Waals surface area contributed by atoms with E-state index in [1.165, 1.54) is 0 Å². The lowest BCUT2D eigenvalue weighted by molar-refractivity contribution is 0.0526. The zero-order valence-electron chi connectivity index (χ0n) is 8.24. The number of carbonyl (C=O) groups is 1. The summed E-state index contributed by atoms with van der Waals surface area (Å²) in [5, 5.41) is 0. The van der Waals surface area contributed by atoms with Crippen LogP contribution in [-0.4, -0.2) is 17.0 Å². The Hall–Kier alpha value is -1.04. The van der Waals surface area contributed by atoms with Gasteiger partial charge < -0.3 is 9.14 Å². The number of esters is 1. The van der Waals surface area contributed by atoms with Crippen LogP contribution in [0.5, 0.6) is 0 Å². The van der Waals surface area contributed by atoms with Crippen molar-refractivity contribution in [2.24, 2.45) is 0 Å². The van der Waals surface area contributed by atoms with Crippen LogP contribution in [-0.2, 0) is 4.74 Å². The third kappa shape index (κ3) is 2.14. The molecule has 78 valence electrons. The minimum absolute atomic E-state index is 0.267. The molecular weight excluding hydrogens is 305 g/mol. The van der Waals surface area contributed by atoms with Gasteiger partial charge in [0.05, 0.1) is 12.2 Å². The van der Waals surface area contributed by atoms with Gasteiger partial charge in [0.15, 0.2) is 0 Å². The van der Waals surface area contributed by atoms with E-state index in [0.29, 0.717) is 12.2 Å². The molecule has 0 aliphatic rings. The molecule has 2 heterocycles. The summed E-state index contributed by atoms with van der Waals surface area (Å²) in [6.45, 7) is 2.21. The lowest BCUT2D eigenvalue weighted by Gasteiger charge is -1.96. The second-order valence-electron chi connectivity index (χ2n) is 3.13. The first-order valence-electron chi connectivity index (χ1n) is 4.65. The van der Waals surface area contributed by atoms with Gasteiger partial charge in [0.2, 0.25) is 0 Å². The molecule has 3 nitrogen and oxygen atoms in total. The molecule has 4 heteroatoms. The summed E-state index contributed by atoms with van der Waals surface area (Å²) in [6, 6.07) is 5.81. The zero-order chi connectivity index (χ0) is 10.8. The molecule has 0 bridgehead atoms. The molecule has 2 aromatic heterocycles. The molecule has 2 aromatic rings. The molecule has 0 amide bonds. The summed E-state index contributed by atoms with van der Waals surface area (Å²) >= 11 is 2.23. The van der Waals surface area contributed by atoms with Gasteiger partial charge in [-0.25, -0.2) is 4.79 Å². The average Bonchev–Trinajstić information content (AvgIpc) is 2.60. The van der Waals surface area contributed by atoms with E-state index >= 15 is 0 Å². The van der Waals surface area contributed by atoms with E-state index in [4.69, 9.17) is 4.74 Å². The summed E-state index contributed by atoms with van der Waals surface area (Å²) in [6.07, 6.45) is 3.76. The van der Waals surface area contributed by atoms with Gasteiger partial charge in [0, 0.05) is 21.5 Å². The Morgan fingerprint density at radius 2 is 2.27 bits per heavy atom. The number of ether oxygens (including phenoxy) is 1. The predicted molar refractivity (Wildman–Crippen MR) is 66.1 cm³/mol. The van der Waals surface area contributed by atoms with Crippen molar-refractivity contribution in [1.82, 2.24) is 4.40 Å². The Labute approximate surface area is 101 Å². The summed E-state index contributed by atoms with van der Waals surface area (Å²) < 4.78 is 7.99. The molecule has 0 atom stereocenters. The number of pyridine rings is 1. The summed E-state index contributed by atoms with van der Waals surface area (Å²) in [5.41, 5.74) is 1.59. The Morgan fingerprint density at radius 1 is 1.47 bits per heavy atom. The molecule has 0 saturated heterocycles. The second-order valence-corrected chi connectivity index (χ2v) is 4.37. The van der Waals surface area contributed by atoms with E-state index in [1.807, 2.05) is 28.8 Å². The fourth-order valence-electron chi connectivity index (χ4n) is 1.41. The molecule has 0 unspecified atom stereocenters. The Balaban J connectivity index is 2.42. The molecule has 0 N–H and O–H groups in total. The third-order valence-corrected chi connectivity index (χ3v) is 2.70. The van der Waals surface area contributed by atoms with Crippen molar-refractivity contribution in [2.45, 2.75) is 6.92 Å². The number of rotatable bonds is 2. The lowest BCUT2D eigenvalue weighted by Crippen LogP contribution is -2.02. The summed E-state index contributed by atoms with van der Waals surface area (Å²) in [4.78, 5) is 11.5. The van der Waals surface area contributed by atoms with Gasteiger partial charge in [-0.2, -0.15) is 0 Å². The number of halogens is 1. The Bertz CT molecular complexity index is 504. The van der Waals surface area contributed by atoms with E-state index in [2.05, 4.69) is 22.6 Å². The van der Waals surface area contributed by atoms with Crippen LogP contribution in [0.1, 0.15) is 17.3 Å². The van der Waals surface area contributed by atoms with Crippen molar-refractivity contribution in [3.05, 3.63) is 39.7 Å². The van der Waals surface area contributed by atoms with E-state index in [1.54, 1.807) is 13.1 Å². The van der Waals surface area contributed by atoms with Crippen molar-refractivity contribution in [2.75, 3.05) is 6.61 Å². The number of aromatic nitrogens is 1. The minimum Gasteiger partial charge on any atom is -0.462 e. The number of nitrogens with zero attached hydrogens (tertiary/aromatic N) is 1. The maximum atomic E-state index is 11.5. The van der Waals surface area contributed by atoms with Crippen molar-refractivity contribution in [3.8, 4) is 0 Å². The van der Waals surface area contributed by atoms with Crippen molar-refractivity contribution >= 4 is 34.1 Å². The number of fused-ring (bicyclic) bond motifs is 1. The molecule has 2 rings (SSSR count). The molecular formula is C11H10INO2. The summed E-state index contributed by atoms with van der Waals surface area (Å²) in [5.74, 6) is -0.267. The smallest absolute Gasteiger partial charge is 0.339 e. The third-order valence-electron chi connectivity index (χ3n) is 2.07. The van der Waals surface area contributed by atoms with Crippen molar-refractivity contribution in [1.29, 1.82) is 0 Å². The highest BCUT2D eigenvalue weighted by Crippen LogP contribution is 2.13. The van der Waals surface area contributed by atoms with Crippen LogP contribution in [0.2, 0.25) is 0 Å². The van der Waals surface area contributed by atoms with E-state index in [0.717, 1.165) is 9.09 Å². The molecule has 0 aliphatic heterocycles. The van der Waals surface area contributed by atoms with Crippen LogP contribution in [0, 0.1) is 3.57 Å². The maximum absolute atomic E-state index is 11.5. The molecule has 15 heavy (non-hydrogen) atoms. The fourth-order valence-corrected chi connectivity index (χ4v) is 1.89. The van der Waals surface area contributed by atoms with Crippen molar-refractivity contribution < 1.29 is 9.53 Å². The average molecular weight is 315 g/mol. The van der Waals surface area contributed by atoms with Gasteiger partial charge in [0.25, 0.3) is 0 Å². The van der Waals surface area contributed by atoms with Crippen LogP contribution in [0.25, 0.3) is 5.52 Å². The summed E-state index contributed by atoms with van der Waals surface area (Å²) in [7, 11) is 0. The van der Waals surface area contributed by atoms with Crippen LogP contribution in [0.4, 0.5) is 0 Å². The highest BCUT2D eigenvalue weighted by atomic mass is 127. The van der Waals surface area contributed by atoms with Gasteiger partial charge in [0.1, 0.15) is 0 Å². The molecule has 0 radical (unpaired) electrons. The first-order valence-corrected chi connectivity index (χ1v) is 5.73. The number of hydrogen-bond donors (Lipinski definition) is 0. The van der Waals surface area contributed by atoms with Crippen LogP contribution >= 0.6 is 22.6 Å². The Kier molecular flexibility index (Phi) is 2.95. The second kappa shape index (κ2) is 4.22. The predicted octanol–water partition coefficient (Wildman–Crippen LogP) is 2.72. The first-order chi connectivity index (χ1) is 7.20. The molecule has 0 fully saturated rings. The van der Waals surface area contributed by atoms with E-state index in [-0.39, 0.29) is 5.97 Å². The molecule has 0 aliphatic carbocycles. The number of carbonyl (C=O) groups excluding carboxylic acids is 1. The maximum Gasteiger partial charge on any atom is 0.339 e. The van der Waals surface area contributed by atoms with Crippen LogP contribution in [0.3, 0.4) is 0 Å². The van der Waals surface area contributed by atoms with E-state index < -0.39 is 0 Å². The molecule has 0 saturated carbocycles. The number of hydrogen-bond acceptors (Lipinski definition) is 2. The zero-order valence-corrected chi connectivity index (χ0v) is 10.4. The van der Waals surface area contributed by atoms with Crippen LogP contribution < -0.4 is 0 Å². The van der Waals surface area contributed by atoms with Gasteiger partial charge in [-0.15, -0.1) is 0 Å². The van der Waals surface area contributed by atoms with E-state index in [9.17, 15) is 4.79 Å². The molecule has 0 aromatic carbocycles. The monoisotopic (exact) mass is 315 g/mol. The van der Waals surface area contributed by atoms with Gasteiger partial charge in [-0.1, -0.05) is 0 Å². The first kappa shape index (κ1) is 10.5. The fraction of sp³-hybridized carbons (Fsp3) is 0.182. The van der Waals surface area contributed by atoms with Gasteiger partial charge >= 0.3 is 5.97 Å². The van der Waals surface area contributed by atoms with Crippen LogP contribution in [0.15, 0.2) is 30.6 Å². The standard InChI is InChI=1S/C11H10INO2/c1-2-15-11(14)8-5-10-4-3-9(12)7-13(10)6-8/h3-7H,2H2,1H3. The SMILES string of the molecule is CCOC(=O)c1cc2ccc(I)cn2c1.